The number of nitrogens with zero attached hydrogens (tertiary/aromatic N) is 3. The van der Waals surface area contributed by atoms with Crippen LogP contribution >= 0.6 is 0 Å². The minimum atomic E-state index is 0.0622. The number of hydrogen-bond acceptors (Lipinski definition) is 6. The molecule has 7 heteroatoms. The van der Waals surface area contributed by atoms with Gasteiger partial charge in [0.25, 0.3) is 0 Å². The van der Waals surface area contributed by atoms with Crippen LogP contribution in [0.25, 0.3) is 11.4 Å². The number of hydrogen-bond donors (Lipinski definition) is 0. The lowest BCUT2D eigenvalue weighted by Gasteiger charge is -2.25. The number of aryl methyl sites for hydroxylation is 1. The smallest absolute Gasteiger partial charge is 0.227 e. The highest BCUT2D eigenvalue weighted by atomic mass is 16.5. The van der Waals surface area contributed by atoms with Crippen LogP contribution in [0.3, 0.4) is 0 Å². The van der Waals surface area contributed by atoms with Crippen molar-refractivity contribution >= 4 is 5.91 Å². The Bertz CT molecular complexity index is 1050. The summed E-state index contributed by atoms with van der Waals surface area (Å²) in [6.07, 6.45) is 3.59. The molecule has 0 aliphatic carbocycles. The number of fused-ring (bicyclic) bond motifs is 1. The molecule has 31 heavy (non-hydrogen) atoms. The summed E-state index contributed by atoms with van der Waals surface area (Å²) < 4.78 is 16.9. The zero-order valence-electron chi connectivity index (χ0n) is 17.3. The molecule has 2 aliphatic heterocycles. The fourth-order valence-electron chi connectivity index (χ4n) is 4.22. The molecule has 0 spiro atoms. The quantitative estimate of drug-likeness (QED) is 0.617. The molecule has 1 amide bonds. The molecule has 1 aromatic heterocycles. The average molecular weight is 419 g/mol. The van der Waals surface area contributed by atoms with Crippen LogP contribution in [0.5, 0.6) is 11.5 Å². The summed E-state index contributed by atoms with van der Waals surface area (Å²) >= 11 is 0. The van der Waals surface area contributed by atoms with E-state index in [0.717, 1.165) is 48.4 Å². The third kappa shape index (κ3) is 4.26. The molecule has 0 N–H and O–H groups in total. The zero-order chi connectivity index (χ0) is 21.0. The van der Waals surface area contributed by atoms with Crippen molar-refractivity contribution in [3.05, 3.63) is 60.0 Å². The maximum atomic E-state index is 13.0. The summed E-state index contributed by atoms with van der Waals surface area (Å²) in [7, 11) is 0. The standard InChI is InChI=1S/C24H25N3O4/c28-23(12-11-22-25-24(26-31-22)17-6-2-1-3-7-17)27-13-4-8-19(27)18-9-10-20-21(16-18)30-15-5-14-29-20/h1-3,6-7,9-10,16,19H,4-5,8,11-15H2. The predicted octanol–water partition coefficient (Wildman–Crippen LogP) is 4.19. The second-order valence-corrected chi connectivity index (χ2v) is 7.88. The van der Waals surface area contributed by atoms with Crippen molar-refractivity contribution in [3.8, 4) is 22.9 Å². The molecule has 5 rings (SSSR count). The first kappa shape index (κ1) is 19.6. The Hall–Kier alpha value is -3.35. The van der Waals surface area contributed by atoms with E-state index in [9.17, 15) is 4.79 Å². The second-order valence-electron chi connectivity index (χ2n) is 7.88. The first-order valence-corrected chi connectivity index (χ1v) is 10.8. The fraction of sp³-hybridized carbons (Fsp3) is 0.375. The number of amides is 1. The van der Waals surface area contributed by atoms with E-state index in [-0.39, 0.29) is 11.9 Å². The molecule has 2 aliphatic rings. The Morgan fingerprint density at radius 3 is 2.74 bits per heavy atom. The Morgan fingerprint density at radius 2 is 1.87 bits per heavy atom. The van der Waals surface area contributed by atoms with Crippen molar-refractivity contribution in [1.82, 2.24) is 15.0 Å². The number of carbonyl (C=O) groups is 1. The zero-order valence-corrected chi connectivity index (χ0v) is 17.3. The number of carbonyl (C=O) groups excluding carboxylic acids is 1. The highest BCUT2D eigenvalue weighted by molar-refractivity contribution is 5.77. The number of rotatable bonds is 5. The molecule has 0 saturated carbocycles. The predicted molar refractivity (Wildman–Crippen MR) is 114 cm³/mol. The van der Waals surface area contributed by atoms with Gasteiger partial charge in [0.2, 0.25) is 17.6 Å². The molecule has 1 unspecified atom stereocenters. The maximum absolute atomic E-state index is 13.0. The molecule has 3 heterocycles. The van der Waals surface area contributed by atoms with Crippen LogP contribution in [0.4, 0.5) is 0 Å². The van der Waals surface area contributed by atoms with Crippen molar-refractivity contribution in [2.75, 3.05) is 19.8 Å². The second kappa shape index (κ2) is 8.79. The summed E-state index contributed by atoms with van der Waals surface area (Å²) in [6, 6.07) is 15.8. The SMILES string of the molecule is O=C(CCc1nc(-c2ccccc2)no1)N1CCCC1c1ccc2c(c1)OCCCO2. The average Bonchev–Trinajstić information content (AvgIpc) is 3.43. The molecule has 3 aromatic rings. The van der Waals surface area contributed by atoms with E-state index in [1.54, 1.807) is 0 Å². The number of likely N-dealkylation sites (tertiary alicyclic amines) is 1. The van der Waals surface area contributed by atoms with Gasteiger partial charge in [-0.15, -0.1) is 0 Å². The van der Waals surface area contributed by atoms with Crippen LogP contribution in [0, 0.1) is 0 Å². The van der Waals surface area contributed by atoms with Crippen LogP contribution in [0.1, 0.15) is 43.2 Å². The molecule has 1 fully saturated rings. The monoisotopic (exact) mass is 419 g/mol. The third-order valence-corrected chi connectivity index (χ3v) is 5.78. The third-order valence-electron chi connectivity index (χ3n) is 5.78. The Morgan fingerprint density at radius 1 is 1.03 bits per heavy atom. The Labute approximate surface area is 181 Å². The fourth-order valence-corrected chi connectivity index (χ4v) is 4.22. The van der Waals surface area contributed by atoms with Gasteiger partial charge in [-0.3, -0.25) is 4.79 Å². The van der Waals surface area contributed by atoms with Crippen molar-refractivity contribution < 1.29 is 18.8 Å². The van der Waals surface area contributed by atoms with E-state index < -0.39 is 0 Å². The lowest BCUT2D eigenvalue weighted by Crippen LogP contribution is -2.30. The van der Waals surface area contributed by atoms with E-state index >= 15 is 0 Å². The molecule has 2 aromatic carbocycles. The molecule has 1 atom stereocenters. The van der Waals surface area contributed by atoms with Crippen LogP contribution in [0.2, 0.25) is 0 Å². The minimum Gasteiger partial charge on any atom is -0.490 e. The van der Waals surface area contributed by atoms with Crippen LogP contribution in [-0.2, 0) is 11.2 Å². The highest BCUT2D eigenvalue weighted by Crippen LogP contribution is 2.38. The van der Waals surface area contributed by atoms with E-state index in [1.807, 2.05) is 53.4 Å². The van der Waals surface area contributed by atoms with Gasteiger partial charge in [0.05, 0.1) is 19.3 Å². The van der Waals surface area contributed by atoms with Gasteiger partial charge in [0.15, 0.2) is 11.5 Å². The van der Waals surface area contributed by atoms with Gasteiger partial charge in [0.1, 0.15) is 0 Å². The maximum Gasteiger partial charge on any atom is 0.227 e. The molecule has 7 nitrogen and oxygen atoms in total. The lowest BCUT2D eigenvalue weighted by atomic mass is 10.0. The highest BCUT2D eigenvalue weighted by Gasteiger charge is 2.30. The Kier molecular flexibility index (Phi) is 5.56. The van der Waals surface area contributed by atoms with Crippen LogP contribution in [0.15, 0.2) is 53.1 Å². The van der Waals surface area contributed by atoms with Crippen molar-refractivity contribution in [2.24, 2.45) is 0 Å². The van der Waals surface area contributed by atoms with Gasteiger partial charge >= 0.3 is 0 Å². The van der Waals surface area contributed by atoms with E-state index in [1.165, 1.54) is 0 Å². The van der Waals surface area contributed by atoms with Gasteiger partial charge in [0, 0.05) is 31.4 Å². The summed E-state index contributed by atoms with van der Waals surface area (Å²) in [5.41, 5.74) is 2.00. The summed E-state index contributed by atoms with van der Waals surface area (Å²) in [5, 5.41) is 4.04. The van der Waals surface area contributed by atoms with Gasteiger partial charge in [-0.25, -0.2) is 0 Å². The number of ether oxygens (including phenoxy) is 2. The van der Waals surface area contributed by atoms with Crippen molar-refractivity contribution in [3.63, 3.8) is 0 Å². The first-order chi connectivity index (χ1) is 15.3. The van der Waals surface area contributed by atoms with Gasteiger partial charge in [-0.1, -0.05) is 41.6 Å². The molecule has 0 bridgehead atoms. The van der Waals surface area contributed by atoms with E-state index in [4.69, 9.17) is 14.0 Å². The molecular formula is C24H25N3O4. The topological polar surface area (TPSA) is 77.7 Å². The Balaban J connectivity index is 1.24. The van der Waals surface area contributed by atoms with Crippen LogP contribution < -0.4 is 9.47 Å². The van der Waals surface area contributed by atoms with E-state index in [2.05, 4.69) is 10.1 Å². The van der Waals surface area contributed by atoms with Crippen molar-refractivity contribution in [2.45, 2.75) is 38.1 Å². The summed E-state index contributed by atoms with van der Waals surface area (Å²) in [4.78, 5) is 19.4. The summed E-state index contributed by atoms with van der Waals surface area (Å²) in [5.74, 6) is 2.69. The molecule has 1 saturated heterocycles. The first-order valence-electron chi connectivity index (χ1n) is 10.8. The molecular weight excluding hydrogens is 394 g/mol. The lowest BCUT2D eigenvalue weighted by molar-refractivity contribution is -0.132. The van der Waals surface area contributed by atoms with E-state index in [0.29, 0.717) is 37.8 Å². The normalized spacial score (nSPS) is 18.1. The van der Waals surface area contributed by atoms with Crippen LogP contribution in [-0.4, -0.2) is 40.7 Å². The molecule has 0 radical (unpaired) electrons. The van der Waals surface area contributed by atoms with Crippen molar-refractivity contribution in [1.29, 1.82) is 0 Å². The number of benzene rings is 2. The summed E-state index contributed by atoms with van der Waals surface area (Å²) in [6.45, 7) is 2.08. The largest absolute Gasteiger partial charge is 0.490 e. The van der Waals surface area contributed by atoms with Gasteiger partial charge in [-0.05, 0) is 30.5 Å². The van der Waals surface area contributed by atoms with Gasteiger partial charge < -0.3 is 18.9 Å². The minimum absolute atomic E-state index is 0.0622. The number of aromatic nitrogens is 2. The molecule has 160 valence electrons. The van der Waals surface area contributed by atoms with Gasteiger partial charge in [-0.2, -0.15) is 4.98 Å².